The topological polar surface area (TPSA) is 142 Å². The van der Waals surface area contributed by atoms with Gasteiger partial charge in [-0.2, -0.15) is 8.42 Å². The summed E-state index contributed by atoms with van der Waals surface area (Å²) in [4.78, 5) is 10.6. The summed E-state index contributed by atoms with van der Waals surface area (Å²) in [5.74, 6) is 3.72. The molecule has 0 saturated heterocycles. The van der Waals surface area contributed by atoms with Crippen molar-refractivity contribution in [3.05, 3.63) is 42.0 Å². The zero-order chi connectivity index (χ0) is 18.4. The lowest BCUT2D eigenvalue weighted by Crippen LogP contribution is -2.30. The molecule has 2 aromatic rings. The predicted octanol–water partition coefficient (Wildman–Crippen LogP) is 0.564. The summed E-state index contributed by atoms with van der Waals surface area (Å²) in [7, 11) is -7.58. The minimum atomic E-state index is -4.37. The molecule has 0 aromatic heterocycles. The Morgan fingerprint density at radius 2 is 1.88 bits per heavy atom. The minimum Gasteiger partial charge on any atom is -0.453 e. The first-order chi connectivity index (χ1) is 11.7. The minimum absolute atomic E-state index is 0.0291. The highest BCUT2D eigenvalue weighted by molar-refractivity contribution is 7.92. The summed E-state index contributed by atoms with van der Waals surface area (Å²) in [5, 5.41) is 0. The summed E-state index contributed by atoms with van der Waals surface area (Å²) in [6.45, 7) is 0. The zero-order valence-electron chi connectivity index (χ0n) is 12.7. The molecule has 3 N–H and O–H groups in total. The third-order valence-electron chi connectivity index (χ3n) is 3.54. The van der Waals surface area contributed by atoms with Gasteiger partial charge in [0.15, 0.2) is 5.75 Å². The van der Waals surface area contributed by atoms with Crippen LogP contribution in [0.2, 0.25) is 0 Å². The van der Waals surface area contributed by atoms with Crippen molar-refractivity contribution in [2.75, 3.05) is 7.11 Å². The number of ether oxygens (including phenoxy) is 1. The second-order valence-corrected chi connectivity index (χ2v) is 8.52. The molecule has 1 aliphatic heterocycles. The third kappa shape index (κ3) is 2.66. The summed E-state index contributed by atoms with van der Waals surface area (Å²) in [5.41, 5.74) is 1.55. The number of benzene rings is 2. The number of carbonyl (C=O) groups is 1. The first kappa shape index (κ1) is 17.4. The van der Waals surface area contributed by atoms with Crippen molar-refractivity contribution in [3.8, 4) is 11.5 Å². The largest absolute Gasteiger partial charge is 0.453 e. The van der Waals surface area contributed by atoms with Crippen LogP contribution in [-0.2, 0) is 24.1 Å². The quantitative estimate of drug-likeness (QED) is 0.289. The SMILES string of the molecule is COS(=O)(=O)c1cc(C(=O)NN)cc2c1Oc1ccccc1S2(=O)=O. The maximum atomic E-state index is 12.8. The molecule has 0 atom stereocenters. The van der Waals surface area contributed by atoms with Gasteiger partial charge < -0.3 is 4.74 Å². The molecule has 1 amide bonds. The number of hydrogen-bond donors (Lipinski definition) is 2. The Kier molecular flexibility index (Phi) is 4.03. The lowest BCUT2D eigenvalue weighted by molar-refractivity contribution is 0.0953. The molecule has 0 fully saturated rings. The molecule has 1 heterocycles. The standard InChI is InChI=1S/C14H12N2O7S2/c1-22-25(20,21)12-7-8(14(17)16-15)6-11-13(12)23-9-4-2-3-5-10(9)24(11,18)19/h2-7H,15H2,1H3,(H,16,17). The second-order valence-electron chi connectivity index (χ2n) is 4.95. The van der Waals surface area contributed by atoms with E-state index in [2.05, 4.69) is 4.18 Å². The van der Waals surface area contributed by atoms with E-state index in [0.717, 1.165) is 19.2 Å². The van der Waals surface area contributed by atoms with Crippen molar-refractivity contribution in [1.82, 2.24) is 5.43 Å². The van der Waals surface area contributed by atoms with E-state index in [1.54, 1.807) is 6.07 Å². The van der Waals surface area contributed by atoms with Gasteiger partial charge >= 0.3 is 10.1 Å². The Morgan fingerprint density at radius 3 is 2.52 bits per heavy atom. The van der Waals surface area contributed by atoms with Crippen LogP contribution in [0.4, 0.5) is 0 Å². The number of nitrogens with two attached hydrogens (primary N) is 1. The van der Waals surface area contributed by atoms with E-state index >= 15 is 0 Å². The average molecular weight is 384 g/mol. The lowest BCUT2D eigenvalue weighted by atomic mass is 10.2. The first-order valence-electron chi connectivity index (χ1n) is 6.74. The van der Waals surface area contributed by atoms with Crippen LogP contribution in [0.1, 0.15) is 10.4 Å². The van der Waals surface area contributed by atoms with Crippen molar-refractivity contribution in [2.45, 2.75) is 14.7 Å². The molecule has 2 aromatic carbocycles. The number of nitrogens with one attached hydrogen (secondary N) is 1. The predicted molar refractivity (Wildman–Crippen MR) is 84.3 cm³/mol. The summed E-state index contributed by atoms with van der Waals surface area (Å²) in [6.07, 6.45) is 0. The lowest BCUT2D eigenvalue weighted by Gasteiger charge is -2.22. The Morgan fingerprint density at radius 1 is 1.20 bits per heavy atom. The van der Waals surface area contributed by atoms with Crippen molar-refractivity contribution in [2.24, 2.45) is 5.84 Å². The van der Waals surface area contributed by atoms with Gasteiger partial charge in [0.25, 0.3) is 5.91 Å². The van der Waals surface area contributed by atoms with Crippen molar-refractivity contribution in [1.29, 1.82) is 0 Å². The number of carbonyl (C=O) groups excluding carboxylic acids is 1. The number of para-hydroxylation sites is 1. The summed E-state index contributed by atoms with van der Waals surface area (Å²) in [6, 6.07) is 7.67. The molecule has 0 unspecified atom stereocenters. The van der Waals surface area contributed by atoms with E-state index in [-0.39, 0.29) is 16.2 Å². The van der Waals surface area contributed by atoms with Crippen molar-refractivity contribution < 1.29 is 30.6 Å². The fourth-order valence-electron chi connectivity index (χ4n) is 2.35. The van der Waals surface area contributed by atoms with E-state index in [4.69, 9.17) is 10.6 Å². The van der Waals surface area contributed by atoms with Crippen LogP contribution in [0.25, 0.3) is 0 Å². The molecular weight excluding hydrogens is 372 g/mol. The van der Waals surface area contributed by atoms with Gasteiger partial charge in [-0.05, 0) is 24.3 Å². The average Bonchev–Trinajstić information content (AvgIpc) is 2.60. The summed E-state index contributed by atoms with van der Waals surface area (Å²) >= 11 is 0. The Hall–Kier alpha value is -2.47. The highest BCUT2D eigenvalue weighted by Gasteiger charge is 2.37. The van der Waals surface area contributed by atoms with Crippen LogP contribution in [0.5, 0.6) is 11.5 Å². The highest BCUT2D eigenvalue weighted by Crippen LogP contribution is 2.46. The van der Waals surface area contributed by atoms with E-state index in [9.17, 15) is 21.6 Å². The van der Waals surface area contributed by atoms with Crippen LogP contribution in [0.3, 0.4) is 0 Å². The number of hydrogen-bond acceptors (Lipinski definition) is 8. The maximum absolute atomic E-state index is 12.8. The molecule has 0 radical (unpaired) electrons. The number of hydrazine groups is 1. The zero-order valence-corrected chi connectivity index (χ0v) is 14.3. The molecule has 0 bridgehead atoms. The van der Waals surface area contributed by atoms with Gasteiger partial charge in [0.2, 0.25) is 9.84 Å². The van der Waals surface area contributed by atoms with Gasteiger partial charge in [-0.25, -0.2) is 14.3 Å². The van der Waals surface area contributed by atoms with Crippen LogP contribution in [0.15, 0.2) is 51.1 Å². The van der Waals surface area contributed by atoms with Gasteiger partial charge in [0, 0.05) is 5.56 Å². The molecule has 25 heavy (non-hydrogen) atoms. The monoisotopic (exact) mass is 384 g/mol. The van der Waals surface area contributed by atoms with E-state index < -0.39 is 41.4 Å². The van der Waals surface area contributed by atoms with Gasteiger partial charge in [0.1, 0.15) is 20.4 Å². The number of amides is 1. The van der Waals surface area contributed by atoms with E-state index in [1.165, 1.54) is 18.2 Å². The number of nitrogen functional groups attached to an aromatic ring is 1. The fraction of sp³-hybridized carbons (Fsp3) is 0.0714. The molecular formula is C14H12N2O7S2. The molecule has 9 nitrogen and oxygen atoms in total. The maximum Gasteiger partial charge on any atom is 0.300 e. The third-order valence-corrected chi connectivity index (χ3v) is 6.62. The number of rotatable bonds is 3. The van der Waals surface area contributed by atoms with Crippen LogP contribution >= 0.6 is 0 Å². The highest BCUT2D eigenvalue weighted by atomic mass is 32.2. The van der Waals surface area contributed by atoms with Gasteiger partial charge in [-0.15, -0.1) is 0 Å². The number of fused-ring (bicyclic) bond motifs is 2. The molecule has 3 rings (SSSR count). The fourth-order valence-corrected chi connectivity index (χ4v) is 4.79. The van der Waals surface area contributed by atoms with Crippen LogP contribution in [0, 0.1) is 0 Å². The summed E-state index contributed by atoms with van der Waals surface area (Å²) < 4.78 is 60.0. The Balaban J connectivity index is 2.42. The number of sulfone groups is 1. The van der Waals surface area contributed by atoms with E-state index in [0.29, 0.717) is 0 Å². The van der Waals surface area contributed by atoms with E-state index in [1.807, 2.05) is 5.43 Å². The van der Waals surface area contributed by atoms with Crippen LogP contribution < -0.4 is 16.0 Å². The molecule has 11 heteroatoms. The van der Waals surface area contributed by atoms with Crippen molar-refractivity contribution in [3.63, 3.8) is 0 Å². The van der Waals surface area contributed by atoms with Crippen LogP contribution in [-0.4, -0.2) is 29.9 Å². The molecule has 0 saturated carbocycles. The molecule has 0 spiro atoms. The van der Waals surface area contributed by atoms with Gasteiger partial charge in [0.05, 0.1) is 7.11 Å². The first-order valence-corrected chi connectivity index (χ1v) is 9.63. The van der Waals surface area contributed by atoms with Crippen molar-refractivity contribution >= 4 is 25.9 Å². The molecule has 1 aliphatic rings. The Bertz CT molecular complexity index is 1090. The molecule has 132 valence electrons. The van der Waals surface area contributed by atoms with Gasteiger partial charge in [-0.3, -0.25) is 14.4 Å². The second kappa shape index (κ2) is 5.81. The Labute approximate surface area is 143 Å². The smallest absolute Gasteiger partial charge is 0.300 e. The van der Waals surface area contributed by atoms with Gasteiger partial charge in [-0.1, -0.05) is 12.1 Å². The molecule has 0 aliphatic carbocycles. The normalized spacial score (nSPS) is 14.8.